The lowest BCUT2D eigenvalue weighted by atomic mass is 10.0. The molecule has 1 rings (SSSR count). The summed E-state index contributed by atoms with van der Waals surface area (Å²) in [6.07, 6.45) is 16.5. The molecule has 0 saturated carbocycles. The first-order valence-corrected chi connectivity index (χ1v) is 4.29. The molecule has 1 aliphatic carbocycles. The van der Waals surface area contributed by atoms with Gasteiger partial charge in [0.25, 0.3) is 0 Å². The minimum Gasteiger partial charge on any atom is -0.0876 e. The number of hydrogen-bond acceptors (Lipinski definition) is 0. The lowest BCUT2D eigenvalue weighted by molar-refractivity contribution is 0.952. The highest BCUT2D eigenvalue weighted by molar-refractivity contribution is 5.31. The monoisotopic (exact) mass is 147 g/mol. The first-order chi connectivity index (χ1) is 5.43. The summed E-state index contributed by atoms with van der Waals surface area (Å²) in [5, 5.41) is 0. The molecule has 0 fully saturated rings. The molecule has 0 aromatic heterocycles. The molecule has 59 valence electrons. The van der Waals surface area contributed by atoms with Crippen LogP contribution in [-0.4, -0.2) is 0 Å². The molecule has 0 aliphatic heterocycles. The molecule has 0 nitrogen and oxygen atoms in total. The van der Waals surface area contributed by atoms with Crippen molar-refractivity contribution in [2.75, 3.05) is 0 Å². The summed E-state index contributed by atoms with van der Waals surface area (Å²) >= 11 is 0. The van der Waals surface area contributed by atoms with Crippen LogP contribution in [-0.2, 0) is 0 Å². The van der Waals surface area contributed by atoms with Crippen LogP contribution in [0.5, 0.6) is 0 Å². The van der Waals surface area contributed by atoms with Gasteiger partial charge in [0.05, 0.1) is 0 Å². The fraction of sp³-hybridized carbons (Fsp3) is 0.364. The van der Waals surface area contributed by atoms with Gasteiger partial charge in [-0.25, -0.2) is 0 Å². The van der Waals surface area contributed by atoms with Crippen molar-refractivity contribution < 1.29 is 0 Å². The summed E-state index contributed by atoms with van der Waals surface area (Å²) in [5.74, 6) is 1.42. The standard InChI is InChI=1S/C11H15/c1-2-3-5-8-11-9-6-4-7-10-11/h4-9H,2-3,10H2,1H3/b8-5+. The number of rotatable bonds is 3. The van der Waals surface area contributed by atoms with E-state index in [0.717, 1.165) is 6.42 Å². The lowest BCUT2D eigenvalue weighted by Crippen LogP contribution is -1.88. The first kappa shape index (κ1) is 8.32. The zero-order valence-corrected chi connectivity index (χ0v) is 7.09. The van der Waals surface area contributed by atoms with E-state index in [1.54, 1.807) is 0 Å². The Hall–Kier alpha value is -0.780. The normalized spacial score (nSPS) is 18.3. The van der Waals surface area contributed by atoms with E-state index >= 15 is 0 Å². The van der Waals surface area contributed by atoms with Crippen molar-refractivity contribution >= 4 is 0 Å². The van der Waals surface area contributed by atoms with Gasteiger partial charge in [-0.15, -0.1) is 0 Å². The van der Waals surface area contributed by atoms with Crippen molar-refractivity contribution in [3.05, 3.63) is 42.4 Å². The Morgan fingerprint density at radius 2 is 2.36 bits per heavy atom. The van der Waals surface area contributed by atoms with Crippen LogP contribution in [0.3, 0.4) is 0 Å². The Bertz CT molecular complexity index is 172. The van der Waals surface area contributed by atoms with Crippen molar-refractivity contribution in [3.63, 3.8) is 0 Å². The summed E-state index contributed by atoms with van der Waals surface area (Å²) in [7, 11) is 0. The molecule has 0 N–H and O–H groups in total. The molecule has 0 aromatic carbocycles. The quantitative estimate of drug-likeness (QED) is 0.573. The Labute approximate surface area is 69.3 Å². The van der Waals surface area contributed by atoms with Gasteiger partial charge >= 0.3 is 0 Å². The first-order valence-electron chi connectivity index (χ1n) is 4.29. The molecular weight excluding hydrogens is 132 g/mol. The molecule has 1 aliphatic rings. The molecule has 0 heteroatoms. The largest absolute Gasteiger partial charge is 0.0876 e. The third-order valence-electron chi connectivity index (χ3n) is 1.70. The Balaban J connectivity index is 2.26. The zero-order chi connectivity index (χ0) is 7.94. The minimum absolute atomic E-state index is 1.09. The molecule has 0 spiro atoms. The molecule has 0 amide bonds. The highest BCUT2D eigenvalue weighted by Gasteiger charge is 1.98. The predicted octanol–water partition coefficient (Wildman–Crippen LogP) is 3.43. The number of allylic oxidation sites excluding steroid dienone is 6. The Morgan fingerprint density at radius 1 is 1.45 bits per heavy atom. The third kappa shape index (κ3) is 3.22. The van der Waals surface area contributed by atoms with Crippen molar-refractivity contribution in [2.45, 2.75) is 26.2 Å². The fourth-order valence-corrected chi connectivity index (χ4v) is 1.05. The molecule has 0 bridgehead atoms. The smallest absolute Gasteiger partial charge is 0.0228 e. The van der Waals surface area contributed by atoms with Crippen LogP contribution in [0.2, 0.25) is 0 Å². The van der Waals surface area contributed by atoms with E-state index in [9.17, 15) is 0 Å². The summed E-state index contributed by atoms with van der Waals surface area (Å²) in [4.78, 5) is 0. The molecule has 0 heterocycles. The Kier molecular flexibility index (Phi) is 3.74. The molecule has 1 radical (unpaired) electrons. The van der Waals surface area contributed by atoms with E-state index in [0.29, 0.717) is 0 Å². The van der Waals surface area contributed by atoms with Crippen LogP contribution < -0.4 is 0 Å². The van der Waals surface area contributed by atoms with E-state index in [1.165, 1.54) is 18.8 Å². The second-order valence-electron chi connectivity index (χ2n) is 2.76. The topological polar surface area (TPSA) is 0 Å². The van der Waals surface area contributed by atoms with Crippen molar-refractivity contribution in [1.29, 1.82) is 0 Å². The van der Waals surface area contributed by atoms with Gasteiger partial charge in [0.2, 0.25) is 0 Å². The molecule has 0 aromatic rings. The maximum atomic E-state index is 2.25. The Morgan fingerprint density at radius 3 is 3.00 bits per heavy atom. The van der Waals surface area contributed by atoms with Crippen molar-refractivity contribution in [1.82, 2.24) is 0 Å². The van der Waals surface area contributed by atoms with Gasteiger partial charge in [-0.2, -0.15) is 0 Å². The van der Waals surface area contributed by atoms with E-state index in [2.05, 4.69) is 43.4 Å². The predicted molar refractivity (Wildman–Crippen MR) is 50.2 cm³/mol. The van der Waals surface area contributed by atoms with Crippen LogP contribution in [0.1, 0.15) is 26.2 Å². The zero-order valence-electron chi connectivity index (χ0n) is 7.09. The van der Waals surface area contributed by atoms with Gasteiger partial charge in [-0.05, 0) is 12.8 Å². The van der Waals surface area contributed by atoms with Crippen LogP contribution in [0, 0.1) is 5.92 Å². The number of unbranched alkanes of at least 4 members (excludes halogenated alkanes) is 1. The maximum absolute atomic E-state index is 2.25. The molecule has 0 unspecified atom stereocenters. The molecule has 11 heavy (non-hydrogen) atoms. The second kappa shape index (κ2) is 4.95. The van der Waals surface area contributed by atoms with Gasteiger partial charge in [0.1, 0.15) is 0 Å². The van der Waals surface area contributed by atoms with Gasteiger partial charge in [-0.3, -0.25) is 0 Å². The lowest BCUT2D eigenvalue weighted by Gasteiger charge is -2.05. The second-order valence-corrected chi connectivity index (χ2v) is 2.76. The van der Waals surface area contributed by atoms with Gasteiger partial charge in [0.15, 0.2) is 0 Å². The highest BCUT2D eigenvalue weighted by atomic mass is 14.0. The maximum Gasteiger partial charge on any atom is 0.0228 e. The van der Waals surface area contributed by atoms with Crippen LogP contribution in [0.25, 0.3) is 0 Å². The summed E-state index contributed by atoms with van der Waals surface area (Å²) < 4.78 is 0. The highest BCUT2D eigenvalue weighted by Crippen LogP contribution is 2.15. The van der Waals surface area contributed by atoms with Gasteiger partial charge in [0, 0.05) is 5.92 Å². The average molecular weight is 147 g/mol. The van der Waals surface area contributed by atoms with E-state index in [1.807, 2.05) is 0 Å². The summed E-state index contributed by atoms with van der Waals surface area (Å²) in [6, 6.07) is 0. The molecule has 0 saturated heterocycles. The average Bonchev–Trinajstić information content (AvgIpc) is 2.07. The van der Waals surface area contributed by atoms with Gasteiger partial charge < -0.3 is 0 Å². The van der Waals surface area contributed by atoms with E-state index in [4.69, 9.17) is 0 Å². The van der Waals surface area contributed by atoms with E-state index < -0.39 is 0 Å². The van der Waals surface area contributed by atoms with Crippen LogP contribution in [0.4, 0.5) is 0 Å². The third-order valence-corrected chi connectivity index (χ3v) is 1.70. The summed E-state index contributed by atoms with van der Waals surface area (Å²) in [5.41, 5.74) is 0. The minimum atomic E-state index is 1.09. The van der Waals surface area contributed by atoms with Crippen molar-refractivity contribution in [2.24, 2.45) is 0 Å². The fourth-order valence-electron chi connectivity index (χ4n) is 1.05. The van der Waals surface area contributed by atoms with E-state index in [-0.39, 0.29) is 0 Å². The molecular formula is C11H15. The van der Waals surface area contributed by atoms with Crippen LogP contribution >= 0.6 is 0 Å². The van der Waals surface area contributed by atoms with Crippen molar-refractivity contribution in [3.8, 4) is 0 Å². The molecule has 0 atom stereocenters. The summed E-state index contributed by atoms with van der Waals surface area (Å²) in [6.45, 7) is 2.20. The van der Waals surface area contributed by atoms with Gasteiger partial charge in [-0.1, -0.05) is 49.8 Å². The number of hydrogen-bond donors (Lipinski definition) is 0. The van der Waals surface area contributed by atoms with Crippen LogP contribution in [0.15, 0.2) is 36.5 Å². The SMILES string of the molecule is CCC/C=C/[C]1C=CC=CC1.